The van der Waals surface area contributed by atoms with Gasteiger partial charge in [-0.15, -0.1) is 0 Å². The summed E-state index contributed by atoms with van der Waals surface area (Å²) in [5, 5.41) is 12.3. The van der Waals surface area contributed by atoms with Gasteiger partial charge in [0.1, 0.15) is 5.82 Å². The summed E-state index contributed by atoms with van der Waals surface area (Å²) in [6.07, 6.45) is 3.44. The average molecular weight is 561 g/mol. The van der Waals surface area contributed by atoms with Crippen LogP contribution in [-0.2, 0) is 22.6 Å². The van der Waals surface area contributed by atoms with Crippen molar-refractivity contribution >= 4 is 23.8 Å². The minimum absolute atomic E-state index is 0.127. The van der Waals surface area contributed by atoms with Gasteiger partial charge in [0.05, 0.1) is 26.4 Å². The zero-order valence-corrected chi connectivity index (χ0v) is 22.6. The van der Waals surface area contributed by atoms with Gasteiger partial charge in [-0.2, -0.15) is 15.0 Å². The Hall–Kier alpha value is -4.68. The van der Waals surface area contributed by atoms with Crippen molar-refractivity contribution < 1.29 is 18.7 Å². The first-order chi connectivity index (χ1) is 20.2. The van der Waals surface area contributed by atoms with E-state index in [2.05, 4.69) is 41.2 Å². The van der Waals surface area contributed by atoms with Crippen LogP contribution in [0.2, 0.25) is 0 Å². The number of nitrogens with zero attached hydrogens (tertiary/aromatic N) is 4. The topological polar surface area (TPSA) is 135 Å². The molecule has 4 N–H and O–H groups in total. The van der Waals surface area contributed by atoms with Gasteiger partial charge in [0.25, 0.3) is 5.91 Å². The Morgan fingerprint density at radius 2 is 1.32 bits per heavy atom. The summed E-state index contributed by atoms with van der Waals surface area (Å²) in [6.45, 7) is 3.36. The summed E-state index contributed by atoms with van der Waals surface area (Å²) >= 11 is 0. The smallest absolute Gasteiger partial charge is 0.251 e. The van der Waals surface area contributed by atoms with E-state index in [1.54, 1.807) is 30.6 Å². The highest BCUT2D eigenvalue weighted by atomic mass is 19.1. The molecule has 11 nitrogen and oxygen atoms in total. The van der Waals surface area contributed by atoms with Gasteiger partial charge in [0.15, 0.2) is 0 Å². The third-order valence-corrected chi connectivity index (χ3v) is 5.64. The summed E-state index contributed by atoms with van der Waals surface area (Å²) < 4.78 is 24.7. The van der Waals surface area contributed by atoms with Crippen LogP contribution in [0.1, 0.15) is 21.5 Å². The predicted molar refractivity (Wildman–Crippen MR) is 154 cm³/mol. The molecule has 1 amide bonds. The van der Waals surface area contributed by atoms with Crippen LogP contribution < -0.4 is 21.3 Å². The Balaban J connectivity index is 1.18. The van der Waals surface area contributed by atoms with E-state index in [1.807, 2.05) is 36.4 Å². The largest absolute Gasteiger partial charge is 0.377 e. The molecule has 214 valence electrons. The van der Waals surface area contributed by atoms with Gasteiger partial charge in [-0.05, 0) is 47.5 Å². The molecule has 4 aromatic rings. The molecule has 0 bridgehead atoms. The van der Waals surface area contributed by atoms with Crippen LogP contribution in [0.25, 0.3) is 0 Å². The number of pyridine rings is 1. The fraction of sp³-hybridized carbons (Fsp3) is 0.276. The molecule has 0 saturated heterocycles. The van der Waals surface area contributed by atoms with Crippen LogP contribution in [0, 0.1) is 5.82 Å². The molecule has 0 aliphatic heterocycles. The van der Waals surface area contributed by atoms with E-state index in [9.17, 15) is 9.18 Å². The van der Waals surface area contributed by atoms with E-state index >= 15 is 0 Å². The highest BCUT2D eigenvalue weighted by Gasteiger charge is 2.08. The Bertz CT molecular complexity index is 1350. The van der Waals surface area contributed by atoms with E-state index in [1.165, 1.54) is 12.1 Å². The van der Waals surface area contributed by atoms with Crippen molar-refractivity contribution in [2.24, 2.45) is 0 Å². The zero-order valence-electron chi connectivity index (χ0n) is 22.6. The van der Waals surface area contributed by atoms with E-state index in [-0.39, 0.29) is 11.7 Å². The average Bonchev–Trinajstić information content (AvgIpc) is 3.01. The first kappa shape index (κ1) is 29.3. The van der Waals surface area contributed by atoms with Crippen LogP contribution >= 0.6 is 0 Å². The van der Waals surface area contributed by atoms with Gasteiger partial charge >= 0.3 is 0 Å². The number of carbonyl (C=O) groups is 1. The fourth-order valence-electron chi connectivity index (χ4n) is 3.61. The molecular weight excluding hydrogens is 527 g/mol. The minimum Gasteiger partial charge on any atom is -0.377 e. The Morgan fingerprint density at radius 3 is 2.00 bits per heavy atom. The van der Waals surface area contributed by atoms with Crippen LogP contribution in [-0.4, -0.2) is 65.4 Å². The number of hydrogen-bond donors (Lipinski definition) is 4. The van der Waals surface area contributed by atoms with E-state index in [0.29, 0.717) is 76.0 Å². The molecule has 0 saturated carbocycles. The standard InChI is InChI=1S/C29H33FN8O3/c30-25-8-4-5-23(19-25)21-35-29-37-27(36-28(38-29)34-20-22-9-11-31-12-10-22)33-14-16-41-18-17-40-15-13-32-26(39)24-6-2-1-3-7-24/h1-12,19H,13-18,20-21H2,(H,32,39)(H3,33,34,35,36,37,38). The van der Waals surface area contributed by atoms with Crippen molar-refractivity contribution in [1.29, 1.82) is 0 Å². The van der Waals surface area contributed by atoms with Gasteiger partial charge in [0.2, 0.25) is 17.8 Å². The molecule has 2 heterocycles. The van der Waals surface area contributed by atoms with E-state index in [4.69, 9.17) is 9.47 Å². The van der Waals surface area contributed by atoms with Crippen molar-refractivity contribution in [2.75, 3.05) is 55.5 Å². The quantitative estimate of drug-likeness (QED) is 0.142. The molecule has 41 heavy (non-hydrogen) atoms. The van der Waals surface area contributed by atoms with Crippen LogP contribution in [0.5, 0.6) is 0 Å². The molecular formula is C29H33FN8O3. The molecule has 0 aliphatic carbocycles. The lowest BCUT2D eigenvalue weighted by molar-refractivity contribution is 0.0519. The van der Waals surface area contributed by atoms with Gasteiger partial charge in [0, 0.05) is 44.1 Å². The molecule has 2 aromatic heterocycles. The second-order valence-corrected chi connectivity index (χ2v) is 8.77. The number of hydrogen-bond acceptors (Lipinski definition) is 10. The molecule has 0 radical (unpaired) electrons. The molecule has 0 unspecified atom stereocenters. The maximum Gasteiger partial charge on any atom is 0.251 e. The van der Waals surface area contributed by atoms with Gasteiger partial charge in [-0.1, -0.05) is 30.3 Å². The highest BCUT2D eigenvalue weighted by molar-refractivity contribution is 5.94. The number of rotatable bonds is 17. The number of nitrogens with one attached hydrogen (secondary N) is 4. The summed E-state index contributed by atoms with van der Waals surface area (Å²) in [7, 11) is 0. The Labute approximate surface area is 238 Å². The second-order valence-electron chi connectivity index (χ2n) is 8.77. The Morgan fingerprint density at radius 1 is 0.683 bits per heavy atom. The van der Waals surface area contributed by atoms with Gasteiger partial charge in [-0.25, -0.2) is 4.39 Å². The zero-order chi connectivity index (χ0) is 28.5. The number of benzene rings is 2. The molecule has 0 atom stereocenters. The van der Waals surface area contributed by atoms with Crippen LogP contribution in [0.4, 0.5) is 22.2 Å². The summed E-state index contributed by atoms with van der Waals surface area (Å²) in [6, 6.07) is 19.2. The SMILES string of the molecule is O=C(NCCOCCOCCNc1nc(NCc2ccncc2)nc(NCc2cccc(F)c2)n1)c1ccccc1. The molecule has 4 rings (SSSR count). The number of anilines is 3. The molecule has 0 aliphatic rings. The normalized spacial score (nSPS) is 10.7. The van der Waals surface area contributed by atoms with Crippen molar-refractivity contribution in [3.05, 3.63) is 102 Å². The predicted octanol–water partition coefficient (Wildman–Crippen LogP) is 3.51. The lowest BCUT2D eigenvalue weighted by atomic mass is 10.2. The minimum atomic E-state index is -0.303. The summed E-state index contributed by atoms with van der Waals surface area (Å²) in [4.78, 5) is 29.3. The lowest BCUT2D eigenvalue weighted by Gasteiger charge is -2.12. The number of amides is 1. The van der Waals surface area contributed by atoms with Crippen molar-refractivity contribution in [3.8, 4) is 0 Å². The first-order valence-corrected chi connectivity index (χ1v) is 13.3. The lowest BCUT2D eigenvalue weighted by Crippen LogP contribution is -2.27. The van der Waals surface area contributed by atoms with E-state index < -0.39 is 0 Å². The maximum absolute atomic E-state index is 13.5. The molecule has 0 fully saturated rings. The van der Waals surface area contributed by atoms with Gasteiger partial charge in [-0.3, -0.25) is 9.78 Å². The summed E-state index contributed by atoms with van der Waals surface area (Å²) in [5.74, 6) is 0.667. The monoisotopic (exact) mass is 560 g/mol. The van der Waals surface area contributed by atoms with Crippen molar-refractivity contribution in [1.82, 2.24) is 25.3 Å². The highest BCUT2D eigenvalue weighted by Crippen LogP contribution is 2.12. The number of ether oxygens (including phenoxy) is 2. The fourth-order valence-corrected chi connectivity index (χ4v) is 3.61. The number of aromatic nitrogens is 4. The van der Waals surface area contributed by atoms with Crippen LogP contribution in [0.3, 0.4) is 0 Å². The Kier molecular flexibility index (Phi) is 11.7. The number of halogens is 1. The molecule has 2 aromatic carbocycles. The third-order valence-electron chi connectivity index (χ3n) is 5.64. The number of carbonyl (C=O) groups excluding carboxylic acids is 1. The third kappa shape index (κ3) is 10.8. The van der Waals surface area contributed by atoms with E-state index in [0.717, 1.165) is 11.1 Å². The second kappa shape index (κ2) is 16.4. The molecule has 0 spiro atoms. The van der Waals surface area contributed by atoms with Crippen molar-refractivity contribution in [3.63, 3.8) is 0 Å². The van der Waals surface area contributed by atoms with Crippen LogP contribution in [0.15, 0.2) is 79.1 Å². The molecule has 12 heteroatoms. The first-order valence-electron chi connectivity index (χ1n) is 13.3. The maximum atomic E-state index is 13.5. The van der Waals surface area contributed by atoms with Crippen molar-refractivity contribution in [2.45, 2.75) is 13.1 Å². The van der Waals surface area contributed by atoms with Gasteiger partial charge < -0.3 is 30.7 Å². The summed E-state index contributed by atoms with van der Waals surface area (Å²) in [5.41, 5.74) is 2.41.